The number of morpholine rings is 1. The molecule has 2 atom stereocenters. The number of piperazine rings is 1. The summed E-state index contributed by atoms with van der Waals surface area (Å²) in [7, 11) is 0. The molecule has 1 spiro atoms. The minimum Gasteiger partial charge on any atom is -0.508 e. The molecule has 13 heteroatoms. The van der Waals surface area contributed by atoms with Gasteiger partial charge in [0.05, 0.1) is 18.8 Å². The number of hydrogen-bond acceptors (Lipinski definition) is 9. The fourth-order valence-corrected chi connectivity index (χ4v) is 9.28. The number of rotatable bonds is 8. The molecule has 4 aromatic rings. The summed E-state index contributed by atoms with van der Waals surface area (Å²) >= 11 is -0.406. The molecule has 2 unspecified atom stereocenters. The van der Waals surface area contributed by atoms with Gasteiger partial charge in [0, 0.05) is 77.0 Å². The Morgan fingerprint density at radius 3 is 2.58 bits per heavy atom. The fraction of sp³-hybridized carbons (Fsp3) is 0.487. The second-order valence-electron chi connectivity index (χ2n) is 15.4. The number of phenolic OH excluding ortho intramolecular Hbond substituents is 1. The van der Waals surface area contributed by atoms with Crippen molar-refractivity contribution in [2.45, 2.75) is 73.5 Å². The monoisotopic (exact) mass is 733 g/mol. The number of phenols is 1. The van der Waals surface area contributed by atoms with Crippen molar-refractivity contribution in [2.24, 2.45) is 5.41 Å². The summed E-state index contributed by atoms with van der Waals surface area (Å²) in [5, 5.41) is 15.4. The third-order valence-electron chi connectivity index (χ3n) is 11.5. The molecule has 0 amide bonds. The summed E-state index contributed by atoms with van der Waals surface area (Å²) in [6.07, 6.45) is 12.0. The van der Waals surface area contributed by atoms with E-state index in [9.17, 15) is 18.3 Å². The van der Waals surface area contributed by atoms with Gasteiger partial charge in [-0.2, -0.15) is 23.1 Å². The maximum atomic E-state index is 17.4. The van der Waals surface area contributed by atoms with Crippen molar-refractivity contribution in [1.82, 2.24) is 20.2 Å². The average Bonchev–Trinajstić information content (AvgIpc) is 4.01. The molecule has 2 aliphatic carbocycles. The second-order valence-corrected chi connectivity index (χ2v) is 16.5. The fourth-order valence-electron chi connectivity index (χ4n) is 8.55. The summed E-state index contributed by atoms with van der Waals surface area (Å²) in [4.78, 5) is 13.5. The largest absolute Gasteiger partial charge is 0.508 e. The smallest absolute Gasteiger partial charge is 0.446 e. The first-order valence-electron chi connectivity index (χ1n) is 17.9. The average molecular weight is 734 g/mol. The lowest BCUT2D eigenvalue weighted by molar-refractivity contribution is -0.0532. The lowest BCUT2D eigenvalue weighted by Gasteiger charge is -2.35. The summed E-state index contributed by atoms with van der Waals surface area (Å²) in [5.41, 5.74) is -4.16. The highest BCUT2D eigenvalue weighted by atomic mass is 32.2. The first-order valence-corrected chi connectivity index (χ1v) is 18.8. The molecule has 9 rings (SSSR count). The normalized spacial score (nSPS) is 23.3. The van der Waals surface area contributed by atoms with Gasteiger partial charge in [0.1, 0.15) is 17.1 Å². The number of aromatic hydroxyl groups is 1. The van der Waals surface area contributed by atoms with Gasteiger partial charge in [-0.05, 0) is 91.9 Å². The van der Waals surface area contributed by atoms with E-state index in [1.54, 1.807) is 19.1 Å². The Balaban J connectivity index is 1.18. The van der Waals surface area contributed by atoms with Gasteiger partial charge in [-0.3, -0.25) is 4.90 Å². The van der Waals surface area contributed by atoms with Crippen molar-refractivity contribution < 1.29 is 32.1 Å². The number of thioether (sulfide) groups is 1. The highest BCUT2D eigenvalue weighted by molar-refractivity contribution is 8.00. The van der Waals surface area contributed by atoms with E-state index < -0.39 is 23.1 Å². The van der Waals surface area contributed by atoms with Crippen molar-refractivity contribution in [2.75, 3.05) is 50.8 Å². The minimum absolute atomic E-state index is 0.00724. The van der Waals surface area contributed by atoms with Gasteiger partial charge in [0.25, 0.3) is 0 Å². The van der Waals surface area contributed by atoms with Crippen LogP contribution in [0.5, 0.6) is 11.8 Å². The SMILES string of the molecule is C#Cc1c(C)ccc2cc(O)cc(-c3c(SC(F)(F)F)cc4c(N5CC6CCC(C5)N6)nc(OCC5(CN6CCOC7(CC7)C6)CC5)nc4c3F)c12. The van der Waals surface area contributed by atoms with Gasteiger partial charge in [-0.1, -0.05) is 18.1 Å². The summed E-state index contributed by atoms with van der Waals surface area (Å²) in [6.45, 7) is 6.61. The molecule has 3 saturated heterocycles. The first-order chi connectivity index (χ1) is 24.9. The summed E-state index contributed by atoms with van der Waals surface area (Å²) < 4.78 is 72.8. The zero-order chi connectivity index (χ0) is 36.0. The van der Waals surface area contributed by atoms with Crippen molar-refractivity contribution in [3.05, 3.63) is 47.3 Å². The molecule has 8 nitrogen and oxygen atoms in total. The molecular formula is C39H39F4N5O3S. The molecule has 5 fully saturated rings. The standard InChI is InChI=1S/C39H39F4N5O3S/c1-3-27-22(2)4-5-23-14-26(49)15-28(31(23)27)32-30(52-39(41,42)43)16-29-34(33(32)40)45-36(46-35(29)48-17-24-6-7-25(18-48)44-24)50-21-37(8-9-37)19-47-12-13-51-38(20-47)10-11-38/h1,4-5,14-16,24-25,44,49H,6-13,17-21H2,2H3. The summed E-state index contributed by atoms with van der Waals surface area (Å²) in [5.74, 6) is 1.79. The predicted octanol–water partition coefficient (Wildman–Crippen LogP) is 7.16. The second kappa shape index (κ2) is 12.4. The van der Waals surface area contributed by atoms with Gasteiger partial charge >= 0.3 is 11.5 Å². The van der Waals surface area contributed by atoms with Crippen LogP contribution in [-0.2, 0) is 4.74 Å². The summed E-state index contributed by atoms with van der Waals surface area (Å²) in [6, 6.07) is 7.91. The molecule has 1 aromatic heterocycles. The molecule has 52 heavy (non-hydrogen) atoms. The van der Waals surface area contributed by atoms with Crippen LogP contribution < -0.4 is 15.0 Å². The third-order valence-corrected chi connectivity index (χ3v) is 12.3. The third kappa shape index (κ3) is 6.31. The molecule has 3 aromatic carbocycles. The van der Waals surface area contributed by atoms with E-state index in [-0.39, 0.29) is 61.8 Å². The number of aryl methyl sites for hydroxylation is 1. The van der Waals surface area contributed by atoms with Crippen LogP contribution in [0.2, 0.25) is 0 Å². The Hall–Kier alpha value is -3.83. The lowest BCUT2D eigenvalue weighted by atomic mass is 9.91. The Labute approximate surface area is 303 Å². The first kappa shape index (κ1) is 34.0. The molecule has 0 radical (unpaired) electrons. The van der Waals surface area contributed by atoms with E-state index in [2.05, 4.69) is 21.1 Å². The number of fused-ring (bicyclic) bond motifs is 4. The van der Waals surface area contributed by atoms with E-state index in [1.165, 1.54) is 18.2 Å². The molecule has 3 aliphatic heterocycles. The number of hydrogen-bond donors (Lipinski definition) is 2. The molecule has 2 saturated carbocycles. The number of alkyl halides is 3. The highest BCUT2D eigenvalue weighted by Gasteiger charge is 2.51. The topological polar surface area (TPSA) is 83.0 Å². The van der Waals surface area contributed by atoms with Crippen LogP contribution >= 0.6 is 11.8 Å². The number of terminal acetylenes is 1. The van der Waals surface area contributed by atoms with Gasteiger partial charge in [-0.15, -0.1) is 6.42 Å². The highest BCUT2D eigenvalue weighted by Crippen LogP contribution is 2.51. The molecule has 272 valence electrons. The Morgan fingerprint density at radius 1 is 1.12 bits per heavy atom. The van der Waals surface area contributed by atoms with Gasteiger partial charge in [0.2, 0.25) is 0 Å². The molecule has 4 heterocycles. The maximum absolute atomic E-state index is 17.4. The van der Waals surface area contributed by atoms with Crippen LogP contribution in [0.25, 0.3) is 32.8 Å². The maximum Gasteiger partial charge on any atom is 0.446 e. The molecule has 2 bridgehead atoms. The van der Waals surface area contributed by atoms with Crippen molar-refractivity contribution in [3.8, 4) is 35.2 Å². The van der Waals surface area contributed by atoms with Crippen molar-refractivity contribution in [3.63, 3.8) is 0 Å². The van der Waals surface area contributed by atoms with Gasteiger partial charge in [-0.25, -0.2) is 4.39 Å². The van der Waals surface area contributed by atoms with Crippen molar-refractivity contribution in [1.29, 1.82) is 0 Å². The zero-order valence-electron chi connectivity index (χ0n) is 28.8. The van der Waals surface area contributed by atoms with Crippen molar-refractivity contribution >= 4 is 39.3 Å². The van der Waals surface area contributed by atoms with E-state index in [4.69, 9.17) is 20.9 Å². The zero-order valence-corrected chi connectivity index (χ0v) is 29.6. The number of ether oxygens (including phenoxy) is 2. The Morgan fingerprint density at radius 2 is 1.88 bits per heavy atom. The Kier molecular flexibility index (Phi) is 8.08. The van der Waals surface area contributed by atoms with E-state index in [1.807, 2.05) is 4.90 Å². The Bertz CT molecular complexity index is 2140. The quantitative estimate of drug-likeness (QED) is 0.111. The van der Waals surface area contributed by atoms with Gasteiger partial charge in [0.15, 0.2) is 5.82 Å². The molecule has 5 aliphatic rings. The number of nitrogens with one attached hydrogen (secondary N) is 1. The van der Waals surface area contributed by atoms with Crippen LogP contribution in [0.4, 0.5) is 23.4 Å². The van der Waals surface area contributed by atoms with E-state index in [0.29, 0.717) is 54.0 Å². The molecular weight excluding hydrogens is 695 g/mol. The predicted molar refractivity (Wildman–Crippen MR) is 192 cm³/mol. The van der Waals surface area contributed by atoms with Crippen LogP contribution in [0, 0.1) is 30.5 Å². The van der Waals surface area contributed by atoms with E-state index in [0.717, 1.165) is 58.2 Å². The molecule has 2 N–H and O–H groups in total. The number of halogens is 4. The number of aromatic nitrogens is 2. The number of benzene rings is 3. The van der Waals surface area contributed by atoms with Gasteiger partial charge < -0.3 is 24.8 Å². The number of nitrogens with zero attached hydrogens (tertiary/aromatic N) is 4. The van der Waals surface area contributed by atoms with Crippen LogP contribution in [0.1, 0.15) is 49.7 Å². The number of anilines is 1. The van der Waals surface area contributed by atoms with Crippen LogP contribution in [-0.4, -0.2) is 89.1 Å². The van der Waals surface area contributed by atoms with Crippen LogP contribution in [0.15, 0.2) is 35.2 Å². The van der Waals surface area contributed by atoms with Crippen LogP contribution in [0.3, 0.4) is 0 Å². The van der Waals surface area contributed by atoms with E-state index >= 15 is 4.39 Å². The lowest BCUT2D eigenvalue weighted by Crippen LogP contribution is -2.51. The minimum atomic E-state index is -4.75.